The summed E-state index contributed by atoms with van der Waals surface area (Å²) in [6.45, 7) is 6.24. The van der Waals surface area contributed by atoms with Crippen molar-refractivity contribution in [2.45, 2.75) is 32.6 Å². The standard InChI is InChI=1S/C33H29BN2/c1-3-5-14-23(4-2)36-28-20-11-9-17-25(28)31-26-18-13-22-30-32(26)34(33(31)36)27-19-10-12-21-29(27)35(30)24-15-7-6-8-16-24/h3-5,9-15,17-22H,1,6-8,16H2,2H3/b14-5-,23-4+. The van der Waals surface area contributed by atoms with E-state index in [-0.39, 0.29) is 6.71 Å². The maximum absolute atomic E-state index is 3.92. The molecule has 3 heteroatoms. The Kier molecular flexibility index (Phi) is 4.92. The van der Waals surface area contributed by atoms with Crippen molar-refractivity contribution in [3.63, 3.8) is 0 Å². The first-order chi connectivity index (χ1) is 17.8. The van der Waals surface area contributed by atoms with Crippen LogP contribution in [0.4, 0.5) is 11.4 Å². The zero-order chi connectivity index (χ0) is 24.2. The normalized spacial score (nSPS) is 16.2. The predicted molar refractivity (Wildman–Crippen MR) is 156 cm³/mol. The van der Waals surface area contributed by atoms with E-state index in [0.29, 0.717) is 0 Å². The van der Waals surface area contributed by atoms with E-state index in [1.165, 1.54) is 80.6 Å². The summed E-state index contributed by atoms with van der Waals surface area (Å²) in [6.07, 6.45) is 15.6. The monoisotopic (exact) mass is 464 g/mol. The van der Waals surface area contributed by atoms with E-state index in [0.717, 1.165) is 6.42 Å². The number of anilines is 2. The first-order valence-corrected chi connectivity index (χ1v) is 13.1. The topological polar surface area (TPSA) is 8.17 Å². The molecule has 0 atom stereocenters. The van der Waals surface area contributed by atoms with Crippen molar-refractivity contribution in [1.82, 2.24) is 4.57 Å². The molecule has 4 aromatic rings. The zero-order valence-corrected chi connectivity index (χ0v) is 20.7. The van der Waals surface area contributed by atoms with Gasteiger partial charge in [0.2, 0.25) is 0 Å². The Labute approximate surface area is 213 Å². The summed E-state index contributed by atoms with van der Waals surface area (Å²) in [4.78, 5) is 2.57. The van der Waals surface area contributed by atoms with Gasteiger partial charge in [-0.1, -0.05) is 79.4 Å². The number of aromatic nitrogens is 1. The maximum Gasteiger partial charge on any atom is 0.269 e. The van der Waals surface area contributed by atoms with Crippen LogP contribution in [0.25, 0.3) is 27.7 Å². The highest BCUT2D eigenvalue weighted by atomic mass is 15.2. The van der Waals surface area contributed by atoms with Crippen LogP contribution in [0.3, 0.4) is 0 Å². The molecule has 1 aliphatic carbocycles. The van der Waals surface area contributed by atoms with Gasteiger partial charge in [-0.2, -0.15) is 0 Å². The number of rotatable bonds is 4. The van der Waals surface area contributed by atoms with E-state index >= 15 is 0 Å². The highest BCUT2D eigenvalue weighted by Crippen LogP contribution is 2.42. The zero-order valence-electron chi connectivity index (χ0n) is 20.7. The second kappa shape index (κ2) is 8.31. The van der Waals surface area contributed by atoms with Gasteiger partial charge in [-0.05, 0) is 73.4 Å². The first kappa shape index (κ1) is 21.3. The highest BCUT2D eigenvalue weighted by Gasteiger charge is 2.45. The summed E-state index contributed by atoms with van der Waals surface area (Å²) in [7, 11) is 0. The molecule has 3 aliphatic rings. The fourth-order valence-corrected chi connectivity index (χ4v) is 6.67. The van der Waals surface area contributed by atoms with Crippen LogP contribution in [-0.4, -0.2) is 11.3 Å². The molecule has 174 valence electrons. The number of para-hydroxylation sites is 2. The lowest BCUT2D eigenvalue weighted by molar-refractivity contribution is 0.691. The van der Waals surface area contributed by atoms with E-state index in [9.17, 15) is 0 Å². The van der Waals surface area contributed by atoms with Gasteiger partial charge in [0.1, 0.15) is 0 Å². The van der Waals surface area contributed by atoms with Crippen LogP contribution in [0.2, 0.25) is 0 Å². The van der Waals surface area contributed by atoms with Crippen molar-refractivity contribution in [2.75, 3.05) is 4.90 Å². The average Bonchev–Trinajstić information content (AvgIpc) is 3.45. The third-order valence-corrected chi connectivity index (χ3v) is 8.07. The Morgan fingerprint density at radius 3 is 2.61 bits per heavy atom. The number of benzene rings is 3. The second-order valence-corrected chi connectivity index (χ2v) is 9.93. The Morgan fingerprint density at radius 1 is 0.944 bits per heavy atom. The summed E-state index contributed by atoms with van der Waals surface area (Å²) in [5.74, 6) is 0. The molecule has 1 aromatic heterocycles. The quantitative estimate of drug-likeness (QED) is 0.214. The summed E-state index contributed by atoms with van der Waals surface area (Å²) in [5.41, 5.74) is 13.6. The Bertz CT molecular complexity index is 1630. The summed E-state index contributed by atoms with van der Waals surface area (Å²) >= 11 is 0. The molecule has 0 unspecified atom stereocenters. The van der Waals surface area contributed by atoms with E-state index in [1.807, 2.05) is 12.2 Å². The Balaban J connectivity index is 1.59. The van der Waals surface area contributed by atoms with Crippen molar-refractivity contribution in [1.29, 1.82) is 0 Å². The molecule has 2 nitrogen and oxygen atoms in total. The van der Waals surface area contributed by atoms with Crippen LogP contribution in [-0.2, 0) is 0 Å². The van der Waals surface area contributed by atoms with Crippen LogP contribution in [0.15, 0.2) is 109 Å². The van der Waals surface area contributed by atoms with Gasteiger partial charge in [-0.25, -0.2) is 0 Å². The summed E-state index contributed by atoms with van der Waals surface area (Å²) in [6, 6.07) is 24.9. The second-order valence-electron chi connectivity index (χ2n) is 9.93. The lowest BCUT2D eigenvalue weighted by Crippen LogP contribution is -2.57. The van der Waals surface area contributed by atoms with Crippen LogP contribution < -0.4 is 21.4 Å². The molecule has 36 heavy (non-hydrogen) atoms. The predicted octanol–water partition coefficient (Wildman–Crippen LogP) is 6.65. The molecule has 0 saturated carbocycles. The third-order valence-electron chi connectivity index (χ3n) is 8.07. The van der Waals surface area contributed by atoms with Crippen molar-refractivity contribution in [3.05, 3.63) is 109 Å². The SMILES string of the molecule is C=C/C=C\C(=C/C)n1c2c(c3ccccc31)-c1cccc3c1B2c1ccccc1N3C1=CCCCC1. The summed E-state index contributed by atoms with van der Waals surface area (Å²) < 4.78 is 2.49. The molecule has 0 bridgehead atoms. The Morgan fingerprint density at radius 2 is 1.78 bits per heavy atom. The lowest BCUT2D eigenvalue weighted by Gasteiger charge is -2.38. The maximum atomic E-state index is 3.92. The van der Waals surface area contributed by atoms with E-state index in [4.69, 9.17) is 0 Å². The molecule has 3 aromatic carbocycles. The molecule has 0 fully saturated rings. The lowest BCUT2D eigenvalue weighted by atomic mass is 9.38. The molecule has 0 radical (unpaired) electrons. The van der Waals surface area contributed by atoms with Crippen LogP contribution in [0, 0.1) is 0 Å². The van der Waals surface area contributed by atoms with Gasteiger partial charge in [0.25, 0.3) is 6.71 Å². The molecular weight excluding hydrogens is 435 g/mol. The number of fused-ring (bicyclic) bond motifs is 7. The minimum absolute atomic E-state index is 0.197. The third kappa shape index (κ3) is 2.86. The van der Waals surface area contributed by atoms with Gasteiger partial charge < -0.3 is 9.47 Å². The Hall–Kier alpha value is -3.98. The molecule has 0 N–H and O–H groups in total. The van der Waals surface area contributed by atoms with Gasteiger partial charge >= 0.3 is 0 Å². The molecule has 3 heterocycles. The van der Waals surface area contributed by atoms with Crippen molar-refractivity contribution < 1.29 is 0 Å². The molecular formula is C33H29BN2. The summed E-state index contributed by atoms with van der Waals surface area (Å²) in [5, 5.41) is 1.32. The van der Waals surface area contributed by atoms with Gasteiger partial charge in [0, 0.05) is 39.3 Å². The largest absolute Gasteiger partial charge is 0.321 e. The molecule has 0 spiro atoms. The molecule has 7 rings (SSSR count). The molecule has 0 saturated heterocycles. The molecule has 2 aliphatic heterocycles. The smallest absolute Gasteiger partial charge is 0.269 e. The first-order valence-electron chi connectivity index (χ1n) is 13.1. The van der Waals surface area contributed by atoms with E-state index < -0.39 is 0 Å². The van der Waals surface area contributed by atoms with Crippen molar-refractivity contribution in [2.24, 2.45) is 0 Å². The number of hydrogen-bond donors (Lipinski definition) is 0. The minimum atomic E-state index is 0.197. The van der Waals surface area contributed by atoms with Crippen molar-refractivity contribution in [3.8, 4) is 11.1 Å². The van der Waals surface area contributed by atoms with Gasteiger partial charge in [0.05, 0.1) is 5.52 Å². The van der Waals surface area contributed by atoms with E-state index in [2.05, 4.69) is 108 Å². The number of hydrogen-bond acceptors (Lipinski definition) is 1. The fraction of sp³-hybridized carbons (Fsp3) is 0.152. The van der Waals surface area contributed by atoms with Gasteiger partial charge in [-0.3, -0.25) is 0 Å². The van der Waals surface area contributed by atoms with Crippen LogP contribution >= 0.6 is 0 Å². The van der Waals surface area contributed by atoms with Gasteiger partial charge in [-0.15, -0.1) is 0 Å². The van der Waals surface area contributed by atoms with Crippen molar-refractivity contribution >= 4 is 51.2 Å². The highest BCUT2D eigenvalue weighted by molar-refractivity contribution is 7.01. The van der Waals surface area contributed by atoms with Crippen LogP contribution in [0.1, 0.15) is 32.6 Å². The minimum Gasteiger partial charge on any atom is -0.321 e. The van der Waals surface area contributed by atoms with Gasteiger partial charge in [0.15, 0.2) is 0 Å². The molecule has 0 amide bonds. The number of nitrogens with zero attached hydrogens (tertiary/aromatic N) is 2. The fourth-order valence-electron chi connectivity index (χ4n) is 6.67. The van der Waals surface area contributed by atoms with E-state index in [1.54, 1.807) is 0 Å². The number of allylic oxidation sites excluding steroid dienone is 7. The van der Waals surface area contributed by atoms with Crippen LogP contribution in [0.5, 0.6) is 0 Å². The average molecular weight is 464 g/mol.